The average Bonchev–Trinajstić information content (AvgIpc) is 2.08. The molecule has 14 heavy (non-hydrogen) atoms. The zero-order valence-electron chi connectivity index (χ0n) is 7.54. The summed E-state index contributed by atoms with van der Waals surface area (Å²) in [6.07, 6.45) is 2.18. The monoisotopic (exact) mass is 227 g/mol. The molecular formula is C7H11F2NO3S. The Hall–Kier alpha value is -0.530. The highest BCUT2D eigenvalue weighted by atomic mass is 32.2. The molecule has 0 saturated heterocycles. The minimum atomic E-state index is -4.06. The third-order valence-electron chi connectivity index (χ3n) is 1.71. The second-order valence-electron chi connectivity index (χ2n) is 2.97. The van der Waals surface area contributed by atoms with Gasteiger partial charge in [-0.2, -0.15) is 21.9 Å². The lowest BCUT2D eigenvalue weighted by atomic mass is 10.2. The summed E-state index contributed by atoms with van der Waals surface area (Å²) in [6.45, 7) is 0.520. The van der Waals surface area contributed by atoms with Gasteiger partial charge < -0.3 is 0 Å². The van der Waals surface area contributed by atoms with Gasteiger partial charge in [0.1, 0.15) is 6.61 Å². The molecular weight excluding hydrogens is 216 g/mol. The molecule has 0 aromatic rings. The van der Waals surface area contributed by atoms with Crippen molar-refractivity contribution < 1.29 is 21.4 Å². The maximum absolute atomic E-state index is 12.8. The molecule has 0 bridgehead atoms. The Morgan fingerprint density at radius 3 is 2.86 bits per heavy atom. The minimum Gasteiger partial charge on any atom is -0.251 e. The Bertz CT molecular complexity index is 326. The molecule has 0 aliphatic carbocycles. The quantitative estimate of drug-likeness (QED) is 0.675. The third kappa shape index (κ3) is 3.32. The van der Waals surface area contributed by atoms with Crippen LogP contribution >= 0.6 is 0 Å². The largest absolute Gasteiger partial charge is 0.336 e. The predicted octanol–water partition coefficient (Wildman–Crippen LogP) is 0.821. The smallest absolute Gasteiger partial charge is 0.251 e. The van der Waals surface area contributed by atoms with E-state index >= 15 is 0 Å². The number of halogens is 2. The van der Waals surface area contributed by atoms with Crippen molar-refractivity contribution >= 4 is 10.3 Å². The molecule has 1 N–H and O–H groups in total. The van der Waals surface area contributed by atoms with E-state index in [0.29, 0.717) is 12.5 Å². The van der Waals surface area contributed by atoms with Crippen LogP contribution in [0.5, 0.6) is 0 Å². The van der Waals surface area contributed by atoms with Crippen LogP contribution in [0.3, 0.4) is 0 Å². The van der Waals surface area contributed by atoms with E-state index in [1.807, 2.05) is 0 Å². The molecule has 1 aliphatic rings. The molecule has 0 aromatic heterocycles. The molecule has 82 valence electrons. The van der Waals surface area contributed by atoms with E-state index in [1.54, 1.807) is 6.92 Å². The molecule has 0 amide bonds. The van der Waals surface area contributed by atoms with E-state index in [0.717, 1.165) is 6.08 Å². The molecule has 0 fully saturated rings. The van der Waals surface area contributed by atoms with Crippen molar-refractivity contribution in [3.63, 3.8) is 0 Å². The Balaban J connectivity index is 2.91. The SMILES string of the molecule is CCC1/C=C\C(F)(F)COS(=O)(=O)N1. The zero-order chi connectivity index (χ0) is 10.8. The molecule has 1 heterocycles. The topological polar surface area (TPSA) is 55.4 Å². The summed E-state index contributed by atoms with van der Waals surface area (Å²) < 4.78 is 53.7. The number of rotatable bonds is 1. The highest BCUT2D eigenvalue weighted by molar-refractivity contribution is 7.84. The van der Waals surface area contributed by atoms with Crippen LogP contribution in [0.1, 0.15) is 13.3 Å². The molecule has 0 aromatic carbocycles. The molecule has 7 heteroatoms. The van der Waals surface area contributed by atoms with Crippen LogP contribution in [0.2, 0.25) is 0 Å². The summed E-state index contributed by atoms with van der Waals surface area (Å²) in [7, 11) is -4.06. The van der Waals surface area contributed by atoms with Gasteiger partial charge in [-0.15, -0.1) is 0 Å². The Morgan fingerprint density at radius 2 is 2.29 bits per heavy atom. The second-order valence-corrected chi connectivity index (χ2v) is 4.35. The van der Waals surface area contributed by atoms with Crippen LogP contribution < -0.4 is 4.72 Å². The Kier molecular flexibility index (Phi) is 3.23. The van der Waals surface area contributed by atoms with Crippen LogP contribution in [0, 0.1) is 0 Å². The molecule has 1 aliphatic heterocycles. The third-order valence-corrected chi connectivity index (χ3v) is 2.73. The van der Waals surface area contributed by atoms with Crippen LogP contribution in [-0.4, -0.2) is 27.0 Å². The van der Waals surface area contributed by atoms with Crippen molar-refractivity contribution in [2.24, 2.45) is 0 Å². The fourth-order valence-electron chi connectivity index (χ4n) is 0.939. The molecule has 0 radical (unpaired) electrons. The van der Waals surface area contributed by atoms with Crippen LogP contribution in [0.4, 0.5) is 8.78 Å². The van der Waals surface area contributed by atoms with Crippen LogP contribution in [0.15, 0.2) is 12.2 Å². The summed E-state index contributed by atoms with van der Waals surface area (Å²) >= 11 is 0. The number of alkyl halides is 2. The predicted molar refractivity (Wildman–Crippen MR) is 46.2 cm³/mol. The van der Waals surface area contributed by atoms with Crippen LogP contribution in [0.25, 0.3) is 0 Å². The first kappa shape index (κ1) is 11.5. The maximum Gasteiger partial charge on any atom is 0.336 e. The fraction of sp³-hybridized carbons (Fsp3) is 0.714. The molecule has 0 saturated carbocycles. The van der Waals surface area contributed by atoms with Crippen LogP contribution in [-0.2, 0) is 14.5 Å². The molecule has 0 spiro atoms. The Morgan fingerprint density at radius 1 is 1.64 bits per heavy atom. The van der Waals surface area contributed by atoms with Gasteiger partial charge >= 0.3 is 10.3 Å². The molecule has 4 nitrogen and oxygen atoms in total. The molecule has 1 atom stereocenters. The maximum atomic E-state index is 12.8. The first-order chi connectivity index (χ1) is 6.35. The highest BCUT2D eigenvalue weighted by Gasteiger charge is 2.31. The van der Waals surface area contributed by atoms with Crippen molar-refractivity contribution in [2.45, 2.75) is 25.3 Å². The second kappa shape index (κ2) is 3.92. The molecule has 1 unspecified atom stereocenters. The van der Waals surface area contributed by atoms with Gasteiger partial charge in [-0.25, -0.2) is 0 Å². The van der Waals surface area contributed by atoms with Gasteiger partial charge in [0.15, 0.2) is 0 Å². The van der Waals surface area contributed by atoms with E-state index < -0.39 is 28.9 Å². The van der Waals surface area contributed by atoms with Crippen molar-refractivity contribution in [3.05, 3.63) is 12.2 Å². The first-order valence-corrected chi connectivity index (χ1v) is 5.49. The summed E-state index contributed by atoms with van der Waals surface area (Å²) in [5.74, 6) is -3.23. The lowest BCUT2D eigenvalue weighted by Gasteiger charge is -2.19. The van der Waals surface area contributed by atoms with Gasteiger partial charge in [-0.3, -0.25) is 4.18 Å². The van der Waals surface area contributed by atoms with Gasteiger partial charge in [0.05, 0.1) is 0 Å². The fourth-order valence-corrected chi connectivity index (χ4v) is 1.94. The normalized spacial score (nSPS) is 32.9. The average molecular weight is 227 g/mol. The first-order valence-electron chi connectivity index (χ1n) is 4.08. The van der Waals surface area contributed by atoms with Gasteiger partial charge in [0, 0.05) is 6.04 Å². The van der Waals surface area contributed by atoms with Gasteiger partial charge in [-0.1, -0.05) is 13.0 Å². The molecule has 1 rings (SSSR count). The lowest BCUT2D eigenvalue weighted by Crippen LogP contribution is -2.39. The van der Waals surface area contributed by atoms with Crippen molar-refractivity contribution in [2.75, 3.05) is 6.61 Å². The van der Waals surface area contributed by atoms with E-state index in [2.05, 4.69) is 8.91 Å². The summed E-state index contributed by atoms with van der Waals surface area (Å²) in [5.41, 5.74) is 0. The lowest BCUT2D eigenvalue weighted by molar-refractivity contribution is 0.00495. The Labute approximate surface area is 81.2 Å². The van der Waals surface area contributed by atoms with Gasteiger partial charge in [0.25, 0.3) is 5.92 Å². The van der Waals surface area contributed by atoms with E-state index in [9.17, 15) is 17.2 Å². The standard InChI is InChI=1S/C7H11F2NO3S/c1-2-6-3-4-7(8,9)5-13-14(11,12)10-6/h3-4,6,10H,2,5H2,1H3/b4-3-. The van der Waals surface area contributed by atoms with E-state index in [-0.39, 0.29) is 0 Å². The summed E-state index contributed by atoms with van der Waals surface area (Å²) in [5, 5.41) is 0. The van der Waals surface area contributed by atoms with Crippen molar-refractivity contribution in [1.82, 2.24) is 4.72 Å². The van der Waals surface area contributed by atoms with E-state index in [1.165, 1.54) is 0 Å². The number of nitrogens with one attached hydrogen (secondary N) is 1. The number of hydrogen-bond donors (Lipinski definition) is 1. The summed E-state index contributed by atoms with van der Waals surface area (Å²) in [6, 6.07) is -0.647. The zero-order valence-corrected chi connectivity index (χ0v) is 8.35. The minimum absolute atomic E-state index is 0.384. The summed E-state index contributed by atoms with van der Waals surface area (Å²) in [4.78, 5) is 0. The van der Waals surface area contributed by atoms with Gasteiger partial charge in [-0.05, 0) is 12.5 Å². The van der Waals surface area contributed by atoms with E-state index in [4.69, 9.17) is 0 Å². The van der Waals surface area contributed by atoms with Crippen molar-refractivity contribution in [3.8, 4) is 0 Å². The number of hydrogen-bond acceptors (Lipinski definition) is 3. The van der Waals surface area contributed by atoms with Gasteiger partial charge in [0.2, 0.25) is 0 Å². The van der Waals surface area contributed by atoms with Crippen molar-refractivity contribution in [1.29, 1.82) is 0 Å². The highest BCUT2D eigenvalue weighted by Crippen LogP contribution is 2.19.